The maximum atomic E-state index is 5.41. The lowest BCUT2D eigenvalue weighted by molar-refractivity contribution is 0.375. The van der Waals surface area contributed by atoms with Gasteiger partial charge < -0.3 is 15.2 Å². The number of hydrogen-bond donors (Lipinski definition) is 1. The zero-order valence-electron chi connectivity index (χ0n) is 8.28. The van der Waals surface area contributed by atoms with Gasteiger partial charge in [0.15, 0.2) is 0 Å². The first-order valence-electron chi connectivity index (χ1n) is 5.18. The fraction of sp³-hybridized carbons (Fsp3) is 0.778. The van der Waals surface area contributed by atoms with Crippen molar-refractivity contribution in [2.45, 2.75) is 25.7 Å². The third kappa shape index (κ3) is 2.04. The molecule has 1 aromatic rings. The highest BCUT2D eigenvalue weighted by molar-refractivity contribution is 5.28. The molecule has 2 rings (SSSR count). The van der Waals surface area contributed by atoms with Crippen LogP contribution in [0, 0.1) is 0 Å². The van der Waals surface area contributed by atoms with E-state index in [1.165, 1.54) is 12.8 Å². The SMILES string of the molecule is NCCCc1nc(N2CCCC2)no1. The zero-order valence-corrected chi connectivity index (χ0v) is 8.28. The molecule has 0 aliphatic carbocycles. The zero-order chi connectivity index (χ0) is 9.80. The van der Waals surface area contributed by atoms with E-state index in [0.29, 0.717) is 12.4 Å². The second-order valence-corrected chi connectivity index (χ2v) is 3.57. The van der Waals surface area contributed by atoms with Gasteiger partial charge >= 0.3 is 0 Å². The van der Waals surface area contributed by atoms with Gasteiger partial charge in [0.25, 0.3) is 5.95 Å². The fourth-order valence-electron chi connectivity index (χ4n) is 1.65. The Bertz CT molecular complexity index is 280. The van der Waals surface area contributed by atoms with E-state index in [0.717, 1.165) is 31.9 Å². The molecule has 0 unspecified atom stereocenters. The Morgan fingerprint density at radius 1 is 1.36 bits per heavy atom. The van der Waals surface area contributed by atoms with Crippen LogP contribution in [0.3, 0.4) is 0 Å². The van der Waals surface area contributed by atoms with Crippen molar-refractivity contribution in [1.29, 1.82) is 0 Å². The van der Waals surface area contributed by atoms with Crippen molar-refractivity contribution in [3.8, 4) is 0 Å². The van der Waals surface area contributed by atoms with Gasteiger partial charge in [-0.2, -0.15) is 4.98 Å². The summed E-state index contributed by atoms with van der Waals surface area (Å²) in [6, 6.07) is 0. The van der Waals surface area contributed by atoms with E-state index in [1.54, 1.807) is 0 Å². The molecule has 0 aromatic carbocycles. The van der Waals surface area contributed by atoms with Crippen LogP contribution in [-0.2, 0) is 6.42 Å². The van der Waals surface area contributed by atoms with Crippen LogP contribution in [0.15, 0.2) is 4.52 Å². The molecule has 2 N–H and O–H groups in total. The third-order valence-corrected chi connectivity index (χ3v) is 2.44. The molecule has 5 nitrogen and oxygen atoms in total. The lowest BCUT2D eigenvalue weighted by Crippen LogP contribution is -2.18. The third-order valence-electron chi connectivity index (χ3n) is 2.44. The molecule has 78 valence electrons. The number of aromatic nitrogens is 2. The van der Waals surface area contributed by atoms with Gasteiger partial charge in [-0.05, 0) is 31.0 Å². The molecular weight excluding hydrogens is 180 g/mol. The number of hydrogen-bond acceptors (Lipinski definition) is 5. The molecule has 0 saturated carbocycles. The summed E-state index contributed by atoms with van der Waals surface area (Å²) in [6.07, 6.45) is 4.15. The van der Waals surface area contributed by atoms with E-state index in [-0.39, 0.29) is 0 Å². The standard InChI is InChI=1S/C9H16N4O/c10-5-3-4-8-11-9(12-14-8)13-6-1-2-7-13/h1-7,10H2. The van der Waals surface area contributed by atoms with Crippen LogP contribution < -0.4 is 10.6 Å². The Hall–Kier alpha value is -1.10. The Morgan fingerprint density at radius 3 is 2.86 bits per heavy atom. The molecule has 0 atom stereocenters. The first-order chi connectivity index (χ1) is 6.90. The first kappa shape index (κ1) is 9.45. The lowest BCUT2D eigenvalue weighted by Gasteiger charge is -2.09. The van der Waals surface area contributed by atoms with Crippen molar-refractivity contribution >= 4 is 5.95 Å². The van der Waals surface area contributed by atoms with Gasteiger partial charge in [-0.25, -0.2) is 0 Å². The molecule has 1 saturated heterocycles. The average molecular weight is 196 g/mol. The second-order valence-electron chi connectivity index (χ2n) is 3.57. The number of nitrogens with two attached hydrogens (primary N) is 1. The fourth-order valence-corrected chi connectivity index (χ4v) is 1.65. The molecule has 0 bridgehead atoms. The van der Waals surface area contributed by atoms with Crippen LogP contribution in [0.4, 0.5) is 5.95 Å². The molecule has 14 heavy (non-hydrogen) atoms. The number of rotatable bonds is 4. The van der Waals surface area contributed by atoms with Crippen LogP contribution in [-0.4, -0.2) is 29.8 Å². The average Bonchev–Trinajstić information content (AvgIpc) is 2.85. The van der Waals surface area contributed by atoms with Crippen LogP contribution in [0.2, 0.25) is 0 Å². The van der Waals surface area contributed by atoms with E-state index in [9.17, 15) is 0 Å². The highest BCUT2D eigenvalue weighted by Gasteiger charge is 2.17. The number of anilines is 1. The van der Waals surface area contributed by atoms with Crippen LogP contribution in [0.25, 0.3) is 0 Å². The predicted octanol–water partition coefficient (Wildman–Crippen LogP) is 0.561. The number of nitrogens with zero attached hydrogens (tertiary/aromatic N) is 3. The maximum absolute atomic E-state index is 5.41. The quantitative estimate of drug-likeness (QED) is 0.762. The Morgan fingerprint density at radius 2 is 2.14 bits per heavy atom. The first-order valence-corrected chi connectivity index (χ1v) is 5.18. The highest BCUT2D eigenvalue weighted by atomic mass is 16.5. The molecule has 1 aliphatic heterocycles. The summed E-state index contributed by atoms with van der Waals surface area (Å²) >= 11 is 0. The van der Waals surface area contributed by atoms with Crippen molar-refractivity contribution in [2.24, 2.45) is 5.73 Å². The normalized spacial score (nSPS) is 16.5. The van der Waals surface area contributed by atoms with Crippen molar-refractivity contribution in [1.82, 2.24) is 10.1 Å². The summed E-state index contributed by atoms with van der Waals surface area (Å²) in [5, 5.41) is 3.95. The summed E-state index contributed by atoms with van der Waals surface area (Å²) < 4.78 is 5.12. The van der Waals surface area contributed by atoms with Crippen LogP contribution in [0.1, 0.15) is 25.2 Å². The van der Waals surface area contributed by atoms with Crippen molar-refractivity contribution in [3.05, 3.63) is 5.89 Å². The van der Waals surface area contributed by atoms with E-state index in [4.69, 9.17) is 10.3 Å². The van der Waals surface area contributed by atoms with Gasteiger partial charge in [0.1, 0.15) is 0 Å². The van der Waals surface area contributed by atoms with Crippen molar-refractivity contribution in [3.63, 3.8) is 0 Å². The molecule has 1 fully saturated rings. The van der Waals surface area contributed by atoms with Gasteiger partial charge in [0.2, 0.25) is 5.89 Å². The minimum atomic E-state index is 0.668. The lowest BCUT2D eigenvalue weighted by atomic mass is 10.3. The minimum absolute atomic E-state index is 0.668. The Kier molecular flexibility index (Phi) is 2.98. The van der Waals surface area contributed by atoms with E-state index >= 15 is 0 Å². The van der Waals surface area contributed by atoms with Gasteiger partial charge in [-0.15, -0.1) is 0 Å². The summed E-state index contributed by atoms with van der Waals surface area (Å²) in [6.45, 7) is 2.77. The summed E-state index contributed by atoms with van der Waals surface area (Å²) in [7, 11) is 0. The molecule has 2 heterocycles. The summed E-state index contributed by atoms with van der Waals surface area (Å²) in [5.41, 5.74) is 5.41. The molecule has 0 spiro atoms. The molecule has 1 aliphatic rings. The van der Waals surface area contributed by atoms with Gasteiger partial charge in [-0.1, -0.05) is 0 Å². The minimum Gasteiger partial charge on any atom is -0.338 e. The molecule has 0 amide bonds. The monoisotopic (exact) mass is 196 g/mol. The molecular formula is C9H16N4O. The van der Waals surface area contributed by atoms with Crippen LogP contribution >= 0.6 is 0 Å². The van der Waals surface area contributed by atoms with Gasteiger partial charge in [0.05, 0.1) is 0 Å². The highest BCUT2D eigenvalue weighted by Crippen LogP contribution is 2.16. The summed E-state index contributed by atoms with van der Waals surface area (Å²) in [5.74, 6) is 1.45. The summed E-state index contributed by atoms with van der Waals surface area (Å²) in [4.78, 5) is 6.48. The second kappa shape index (κ2) is 4.41. The molecule has 5 heteroatoms. The maximum Gasteiger partial charge on any atom is 0.266 e. The Labute approximate surface area is 83.3 Å². The van der Waals surface area contributed by atoms with Crippen molar-refractivity contribution < 1.29 is 4.52 Å². The van der Waals surface area contributed by atoms with E-state index in [2.05, 4.69) is 15.0 Å². The van der Waals surface area contributed by atoms with E-state index < -0.39 is 0 Å². The topological polar surface area (TPSA) is 68.2 Å². The van der Waals surface area contributed by atoms with Gasteiger partial charge in [0, 0.05) is 19.5 Å². The Balaban J connectivity index is 1.94. The number of aryl methyl sites for hydroxylation is 1. The van der Waals surface area contributed by atoms with E-state index in [1.807, 2.05) is 0 Å². The predicted molar refractivity (Wildman–Crippen MR) is 53.1 cm³/mol. The van der Waals surface area contributed by atoms with Crippen molar-refractivity contribution in [2.75, 3.05) is 24.5 Å². The van der Waals surface area contributed by atoms with Gasteiger partial charge in [-0.3, -0.25) is 0 Å². The largest absolute Gasteiger partial charge is 0.338 e. The molecule has 0 radical (unpaired) electrons. The van der Waals surface area contributed by atoms with Crippen LogP contribution in [0.5, 0.6) is 0 Å². The molecule has 1 aromatic heterocycles. The smallest absolute Gasteiger partial charge is 0.266 e.